The molecule has 1 aliphatic rings. The molecule has 2 amide bonds. The third kappa shape index (κ3) is 5.68. The fraction of sp³-hybridized carbons (Fsp3) is 0.160. The van der Waals surface area contributed by atoms with Gasteiger partial charge in [-0.25, -0.2) is 5.01 Å². The highest BCUT2D eigenvalue weighted by molar-refractivity contribution is 7.10. The Morgan fingerprint density at radius 2 is 1.87 bits per heavy atom. The molecule has 0 spiro atoms. The molecule has 6 heteroatoms. The van der Waals surface area contributed by atoms with Crippen LogP contribution in [0.5, 0.6) is 0 Å². The zero-order valence-electron chi connectivity index (χ0n) is 16.9. The molecule has 31 heavy (non-hydrogen) atoms. The van der Waals surface area contributed by atoms with E-state index in [-0.39, 0.29) is 24.7 Å². The van der Waals surface area contributed by atoms with Crippen LogP contribution >= 0.6 is 11.3 Å². The van der Waals surface area contributed by atoms with Gasteiger partial charge in [0.2, 0.25) is 11.8 Å². The lowest BCUT2D eigenvalue weighted by Crippen LogP contribution is -2.25. The SMILES string of the molecule is O=C(CCC(=O)N1CCC(c2ccccc2)=N1)Nc1cccc(C#Cc2cccs2)c1. The smallest absolute Gasteiger partial charge is 0.243 e. The second-order valence-electron chi connectivity index (χ2n) is 7.04. The van der Waals surface area contributed by atoms with E-state index in [2.05, 4.69) is 22.3 Å². The van der Waals surface area contributed by atoms with Crippen molar-refractivity contribution in [1.29, 1.82) is 0 Å². The molecule has 4 rings (SSSR count). The number of anilines is 1. The molecule has 0 bridgehead atoms. The van der Waals surface area contributed by atoms with Gasteiger partial charge in [-0.15, -0.1) is 11.3 Å². The molecule has 2 heterocycles. The zero-order chi connectivity index (χ0) is 21.5. The lowest BCUT2D eigenvalue weighted by molar-refractivity contribution is -0.132. The number of amides is 2. The van der Waals surface area contributed by atoms with Crippen molar-refractivity contribution in [2.75, 3.05) is 11.9 Å². The predicted octanol–water partition coefficient (Wildman–Crippen LogP) is 4.50. The minimum absolute atomic E-state index is 0.108. The Morgan fingerprint density at radius 3 is 2.68 bits per heavy atom. The highest BCUT2D eigenvalue weighted by Gasteiger charge is 2.21. The molecule has 1 aromatic heterocycles. The highest BCUT2D eigenvalue weighted by Crippen LogP contribution is 2.16. The van der Waals surface area contributed by atoms with Gasteiger partial charge < -0.3 is 5.32 Å². The van der Waals surface area contributed by atoms with E-state index in [1.807, 2.05) is 72.1 Å². The summed E-state index contributed by atoms with van der Waals surface area (Å²) in [6, 6.07) is 21.1. The van der Waals surface area contributed by atoms with Crippen LogP contribution in [0.2, 0.25) is 0 Å². The van der Waals surface area contributed by atoms with E-state index in [1.165, 1.54) is 5.01 Å². The molecule has 1 aliphatic heterocycles. The molecule has 0 atom stereocenters. The van der Waals surface area contributed by atoms with Gasteiger partial charge in [0.15, 0.2) is 0 Å². The number of nitrogens with zero attached hydrogens (tertiary/aromatic N) is 2. The van der Waals surface area contributed by atoms with Crippen LogP contribution < -0.4 is 5.32 Å². The van der Waals surface area contributed by atoms with Crippen molar-refractivity contribution >= 4 is 34.6 Å². The van der Waals surface area contributed by atoms with Crippen LogP contribution in [-0.4, -0.2) is 29.1 Å². The summed E-state index contributed by atoms with van der Waals surface area (Å²) in [7, 11) is 0. The third-order valence-corrected chi connectivity index (χ3v) is 5.55. The first-order valence-electron chi connectivity index (χ1n) is 10.1. The molecule has 3 aromatic rings. The number of benzene rings is 2. The molecule has 0 radical (unpaired) electrons. The maximum absolute atomic E-state index is 12.5. The Hall–Kier alpha value is -3.69. The zero-order valence-corrected chi connectivity index (χ0v) is 17.7. The first-order valence-corrected chi connectivity index (χ1v) is 10.9. The number of carbonyl (C=O) groups is 2. The Labute approximate surface area is 185 Å². The normalized spacial score (nSPS) is 12.6. The number of rotatable bonds is 5. The van der Waals surface area contributed by atoms with Gasteiger partial charge in [-0.3, -0.25) is 9.59 Å². The molecule has 5 nitrogen and oxygen atoms in total. The van der Waals surface area contributed by atoms with E-state index in [0.29, 0.717) is 12.2 Å². The van der Waals surface area contributed by atoms with E-state index < -0.39 is 0 Å². The van der Waals surface area contributed by atoms with Crippen LogP contribution in [0.25, 0.3) is 0 Å². The number of carbonyl (C=O) groups excluding carboxylic acids is 2. The fourth-order valence-electron chi connectivity index (χ4n) is 3.20. The number of hydrogen-bond acceptors (Lipinski definition) is 4. The summed E-state index contributed by atoms with van der Waals surface area (Å²) in [5.74, 6) is 5.85. The van der Waals surface area contributed by atoms with Crippen LogP contribution in [0.3, 0.4) is 0 Å². The third-order valence-electron chi connectivity index (χ3n) is 4.76. The molecular formula is C25H21N3O2S. The fourth-order valence-corrected chi connectivity index (χ4v) is 3.77. The molecule has 0 fully saturated rings. The summed E-state index contributed by atoms with van der Waals surface area (Å²) in [6.45, 7) is 0.551. The first kappa shape index (κ1) is 20.6. The van der Waals surface area contributed by atoms with Crippen molar-refractivity contribution in [3.63, 3.8) is 0 Å². The molecule has 154 valence electrons. The Kier molecular flexibility index (Phi) is 6.56. The second kappa shape index (κ2) is 9.88. The monoisotopic (exact) mass is 427 g/mol. The van der Waals surface area contributed by atoms with Gasteiger partial charge in [0.05, 0.1) is 17.1 Å². The minimum atomic E-state index is -0.205. The second-order valence-corrected chi connectivity index (χ2v) is 7.98. The van der Waals surface area contributed by atoms with E-state index in [0.717, 1.165) is 28.1 Å². The van der Waals surface area contributed by atoms with Crippen molar-refractivity contribution in [1.82, 2.24) is 5.01 Å². The highest BCUT2D eigenvalue weighted by atomic mass is 32.1. The summed E-state index contributed by atoms with van der Waals surface area (Å²) < 4.78 is 0. The lowest BCUT2D eigenvalue weighted by atomic mass is 10.1. The summed E-state index contributed by atoms with van der Waals surface area (Å²) in [4.78, 5) is 25.8. The van der Waals surface area contributed by atoms with Crippen LogP contribution in [0.15, 0.2) is 77.2 Å². The van der Waals surface area contributed by atoms with Gasteiger partial charge in [0.25, 0.3) is 0 Å². The number of nitrogens with one attached hydrogen (secondary N) is 1. The van der Waals surface area contributed by atoms with Gasteiger partial charge in [0.1, 0.15) is 0 Å². The molecular weight excluding hydrogens is 406 g/mol. The number of hydrazone groups is 1. The quantitative estimate of drug-likeness (QED) is 0.610. The average molecular weight is 428 g/mol. The van der Waals surface area contributed by atoms with Crippen LogP contribution in [-0.2, 0) is 9.59 Å². The predicted molar refractivity (Wildman–Crippen MR) is 124 cm³/mol. The van der Waals surface area contributed by atoms with Crippen molar-refractivity contribution < 1.29 is 9.59 Å². The van der Waals surface area contributed by atoms with Crippen molar-refractivity contribution in [3.05, 3.63) is 88.1 Å². The molecule has 2 aromatic carbocycles. The summed E-state index contributed by atoms with van der Waals surface area (Å²) in [5, 5.41) is 10.7. The Balaban J connectivity index is 1.29. The van der Waals surface area contributed by atoms with E-state index >= 15 is 0 Å². The van der Waals surface area contributed by atoms with E-state index in [1.54, 1.807) is 11.3 Å². The number of hydrogen-bond donors (Lipinski definition) is 1. The molecule has 0 aliphatic carbocycles. The lowest BCUT2D eigenvalue weighted by Gasteiger charge is -2.11. The van der Waals surface area contributed by atoms with Gasteiger partial charge in [0, 0.05) is 30.5 Å². The molecule has 0 saturated carbocycles. The Bertz CT molecular complexity index is 1160. The standard InChI is InChI=1S/C25H21N3O2S/c29-24(26-21-9-4-6-19(18-21)11-12-22-10-5-17-31-22)13-14-25(30)28-16-15-23(27-28)20-7-2-1-3-8-20/h1-10,17-18H,13-16H2,(H,26,29). The first-order chi connectivity index (χ1) is 15.2. The summed E-state index contributed by atoms with van der Waals surface area (Å²) >= 11 is 1.59. The Morgan fingerprint density at radius 1 is 1.00 bits per heavy atom. The maximum atomic E-state index is 12.5. The average Bonchev–Trinajstić information content (AvgIpc) is 3.49. The summed E-state index contributed by atoms with van der Waals surface area (Å²) in [6.07, 6.45) is 0.952. The van der Waals surface area contributed by atoms with Gasteiger partial charge >= 0.3 is 0 Å². The topological polar surface area (TPSA) is 61.8 Å². The van der Waals surface area contributed by atoms with Crippen LogP contribution in [0, 0.1) is 11.8 Å². The molecule has 0 saturated heterocycles. The van der Waals surface area contributed by atoms with E-state index in [4.69, 9.17) is 0 Å². The van der Waals surface area contributed by atoms with Crippen LogP contribution in [0.1, 0.15) is 35.3 Å². The van der Waals surface area contributed by atoms with Crippen molar-refractivity contribution in [2.24, 2.45) is 5.10 Å². The van der Waals surface area contributed by atoms with Gasteiger partial charge in [-0.05, 0) is 35.2 Å². The van der Waals surface area contributed by atoms with Crippen molar-refractivity contribution in [2.45, 2.75) is 19.3 Å². The minimum Gasteiger partial charge on any atom is -0.326 e. The maximum Gasteiger partial charge on any atom is 0.243 e. The van der Waals surface area contributed by atoms with E-state index in [9.17, 15) is 9.59 Å². The van der Waals surface area contributed by atoms with Gasteiger partial charge in [-0.1, -0.05) is 54.3 Å². The summed E-state index contributed by atoms with van der Waals surface area (Å²) in [5.41, 5.74) is 3.42. The van der Waals surface area contributed by atoms with Crippen molar-refractivity contribution in [3.8, 4) is 11.8 Å². The van der Waals surface area contributed by atoms with Gasteiger partial charge in [-0.2, -0.15) is 5.10 Å². The van der Waals surface area contributed by atoms with Crippen LogP contribution in [0.4, 0.5) is 5.69 Å². The molecule has 0 unspecified atom stereocenters. The molecule has 1 N–H and O–H groups in total. The number of thiophene rings is 1. The largest absolute Gasteiger partial charge is 0.326 e.